The molecule has 1 aliphatic heterocycles. The molecule has 0 aromatic rings. The molecule has 1 saturated heterocycles. The first-order valence-electron chi connectivity index (χ1n) is 5.11. The second-order valence-electron chi connectivity index (χ2n) is 4.30. The first kappa shape index (κ1) is 7.60. The lowest BCUT2D eigenvalue weighted by molar-refractivity contribution is 0.454. The molecule has 0 aromatic carbocycles. The van der Waals surface area contributed by atoms with Gasteiger partial charge in [-0.25, -0.2) is 0 Å². The van der Waals surface area contributed by atoms with Crippen molar-refractivity contribution in [1.82, 2.24) is 5.32 Å². The lowest BCUT2D eigenvalue weighted by atomic mass is 10.0. The van der Waals surface area contributed by atoms with Crippen molar-refractivity contribution in [2.75, 3.05) is 13.1 Å². The molecular weight excluding hydrogens is 134 g/mol. The summed E-state index contributed by atoms with van der Waals surface area (Å²) in [4.78, 5) is 0. The zero-order valence-corrected chi connectivity index (χ0v) is 7.47. The van der Waals surface area contributed by atoms with E-state index < -0.39 is 0 Å². The van der Waals surface area contributed by atoms with Crippen LogP contribution in [0.4, 0.5) is 0 Å². The van der Waals surface area contributed by atoms with Crippen LogP contribution < -0.4 is 5.32 Å². The van der Waals surface area contributed by atoms with Gasteiger partial charge in [0, 0.05) is 0 Å². The standard InChI is InChI=1S/C10H19N/c1-2-3-8-4-9-6-11-7-10(9)5-8/h8-11H,2-7H2,1H3. The van der Waals surface area contributed by atoms with Gasteiger partial charge in [-0.15, -0.1) is 0 Å². The maximum absolute atomic E-state index is 3.49. The van der Waals surface area contributed by atoms with Crippen molar-refractivity contribution >= 4 is 0 Å². The fraction of sp³-hybridized carbons (Fsp3) is 1.00. The predicted molar refractivity (Wildman–Crippen MR) is 47.5 cm³/mol. The molecule has 2 atom stereocenters. The average molecular weight is 153 g/mol. The summed E-state index contributed by atoms with van der Waals surface area (Å²) < 4.78 is 0. The third kappa shape index (κ3) is 1.44. The average Bonchev–Trinajstić information content (AvgIpc) is 2.46. The summed E-state index contributed by atoms with van der Waals surface area (Å²) in [6.07, 6.45) is 5.90. The molecule has 0 bridgehead atoms. The predicted octanol–water partition coefficient (Wildman–Crippen LogP) is 2.03. The maximum atomic E-state index is 3.49. The summed E-state index contributed by atoms with van der Waals surface area (Å²) in [5.74, 6) is 3.18. The molecule has 0 spiro atoms. The second kappa shape index (κ2) is 3.14. The van der Waals surface area contributed by atoms with Crippen LogP contribution in [-0.2, 0) is 0 Å². The molecule has 64 valence electrons. The summed E-state index contributed by atoms with van der Waals surface area (Å²) in [6.45, 7) is 4.93. The quantitative estimate of drug-likeness (QED) is 0.640. The number of hydrogen-bond donors (Lipinski definition) is 1. The van der Waals surface area contributed by atoms with Gasteiger partial charge in [-0.3, -0.25) is 0 Å². The fourth-order valence-electron chi connectivity index (χ4n) is 2.94. The Morgan fingerprint density at radius 3 is 2.36 bits per heavy atom. The Hall–Kier alpha value is -0.0400. The fourth-order valence-corrected chi connectivity index (χ4v) is 2.94. The molecule has 1 heteroatoms. The summed E-state index contributed by atoms with van der Waals surface area (Å²) in [6, 6.07) is 0. The molecule has 0 radical (unpaired) electrons. The van der Waals surface area contributed by atoms with Gasteiger partial charge in [-0.05, 0) is 43.7 Å². The molecule has 2 unspecified atom stereocenters. The molecule has 1 nitrogen and oxygen atoms in total. The third-order valence-electron chi connectivity index (χ3n) is 3.45. The molecule has 1 N–H and O–H groups in total. The van der Waals surface area contributed by atoms with Crippen molar-refractivity contribution in [3.8, 4) is 0 Å². The van der Waals surface area contributed by atoms with Crippen molar-refractivity contribution in [1.29, 1.82) is 0 Å². The van der Waals surface area contributed by atoms with Gasteiger partial charge < -0.3 is 5.32 Å². The minimum Gasteiger partial charge on any atom is -0.316 e. The Bertz CT molecular complexity index is 121. The van der Waals surface area contributed by atoms with Crippen LogP contribution in [-0.4, -0.2) is 13.1 Å². The Morgan fingerprint density at radius 1 is 1.18 bits per heavy atom. The lowest BCUT2D eigenvalue weighted by Crippen LogP contribution is -2.11. The first-order chi connectivity index (χ1) is 5.40. The lowest BCUT2D eigenvalue weighted by Gasteiger charge is -2.08. The van der Waals surface area contributed by atoms with Crippen LogP contribution in [0.15, 0.2) is 0 Å². The van der Waals surface area contributed by atoms with Crippen LogP contribution in [0.2, 0.25) is 0 Å². The molecule has 1 heterocycles. The highest BCUT2D eigenvalue weighted by atomic mass is 14.9. The van der Waals surface area contributed by atoms with E-state index in [2.05, 4.69) is 12.2 Å². The zero-order chi connectivity index (χ0) is 7.68. The Morgan fingerprint density at radius 2 is 1.82 bits per heavy atom. The molecule has 11 heavy (non-hydrogen) atoms. The van der Waals surface area contributed by atoms with E-state index in [1.165, 1.54) is 38.8 Å². The van der Waals surface area contributed by atoms with E-state index in [-0.39, 0.29) is 0 Å². The highest BCUT2D eigenvalue weighted by Gasteiger charge is 2.36. The highest BCUT2D eigenvalue weighted by molar-refractivity contribution is 4.90. The molecule has 1 aliphatic carbocycles. The van der Waals surface area contributed by atoms with Gasteiger partial charge in [0.15, 0.2) is 0 Å². The maximum Gasteiger partial charge on any atom is -0.00172 e. The van der Waals surface area contributed by atoms with E-state index in [9.17, 15) is 0 Å². The van der Waals surface area contributed by atoms with Crippen LogP contribution in [0.1, 0.15) is 32.6 Å². The number of hydrogen-bond acceptors (Lipinski definition) is 1. The van der Waals surface area contributed by atoms with Gasteiger partial charge in [0.2, 0.25) is 0 Å². The smallest absolute Gasteiger partial charge is 0.00172 e. The van der Waals surface area contributed by atoms with Crippen LogP contribution in [0.25, 0.3) is 0 Å². The van der Waals surface area contributed by atoms with E-state index in [1.807, 2.05) is 0 Å². The van der Waals surface area contributed by atoms with Crippen LogP contribution in [0, 0.1) is 17.8 Å². The largest absolute Gasteiger partial charge is 0.316 e. The summed E-state index contributed by atoms with van der Waals surface area (Å²) in [5.41, 5.74) is 0. The zero-order valence-electron chi connectivity index (χ0n) is 7.47. The van der Waals surface area contributed by atoms with Crippen LogP contribution in [0.5, 0.6) is 0 Å². The van der Waals surface area contributed by atoms with Crippen molar-refractivity contribution in [3.63, 3.8) is 0 Å². The van der Waals surface area contributed by atoms with Gasteiger partial charge in [0.25, 0.3) is 0 Å². The molecule has 1 saturated carbocycles. The Kier molecular flexibility index (Phi) is 2.17. The van der Waals surface area contributed by atoms with Crippen molar-refractivity contribution in [2.45, 2.75) is 32.6 Å². The molecule has 2 aliphatic rings. The summed E-state index contributed by atoms with van der Waals surface area (Å²) in [5, 5.41) is 3.49. The van der Waals surface area contributed by atoms with Crippen molar-refractivity contribution < 1.29 is 0 Å². The Balaban J connectivity index is 1.84. The van der Waals surface area contributed by atoms with E-state index in [4.69, 9.17) is 0 Å². The molecule has 0 amide bonds. The normalized spacial score (nSPS) is 42.8. The molecular formula is C10H19N. The summed E-state index contributed by atoms with van der Waals surface area (Å²) >= 11 is 0. The molecule has 2 rings (SSSR count). The number of rotatable bonds is 2. The van der Waals surface area contributed by atoms with E-state index in [0.717, 1.165) is 17.8 Å². The van der Waals surface area contributed by atoms with Gasteiger partial charge in [-0.2, -0.15) is 0 Å². The van der Waals surface area contributed by atoms with E-state index in [1.54, 1.807) is 0 Å². The first-order valence-corrected chi connectivity index (χ1v) is 5.11. The highest BCUT2D eigenvalue weighted by Crippen LogP contribution is 2.40. The second-order valence-corrected chi connectivity index (χ2v) is 4.30. The van der Waals surface area contributed by atoms with Gasteiger partial charge in [0.1, 0.15) is 0 Å². The number of fused-ring (bicyclic) bond motifs is 1. The number of nitrogens with one attached hydrogen (secondary N) is 1. The summed E-state index contributed by atoms with van der Waals surface area (Å²) in [7, 11) is 0. The minimum atomic E-state index is 1.05. The molecule has 2 fully saturated rings. The van der Waals surface area contributed by atoms with Gasteiger partial charge in [0.05, 0.1) is 0 Å². The topological polar surface area (TPSA) is 12.0 Å². The van der Waals surface area contributed by atoms with E-state index in [0.29, 0.717) is 0 Å². The van der Waals surface area contributed by atoms with Crippen molar-refractivity contribution in [3.05, 3.63) is 0 Å². The minimum absolute atomic E-state index is 1.05. The van der Waals surface area contributed by atoms with E-state index >= 15 is 0 Å². The van der Waals surface area contributed by atoms with Gasteiger partial charge >= 0.3 is 0 Å². The van der Waals surface area contributed by atoms with Crippen LogP contribution in [0.3, 0.4) is 0 Å². The SMILES string of the molecule is CCCC1CC2CNCC2C1. The Labute approximate surface area is 69.6 Å². The van der Waals surface area contributed by atoms with Crippen LogP contribution >= 0.6 is 0 Å². The monoisotopic (exact) mass is 153 g/mol. The third-order valence-corrected chi connectivity index (χ3v) is 3.45. The molecule has 0 aromatic heterocycles. The van der Waals surface area contributed by atoms with Crippen molar-refractivity contribution in [2.24, 2.45) is 17.8 Å². The van der Waals surface area contributed by atoms with Gasteiger partial charge in [-0.1, -0.05) is 19.8 Å².